The molecule has 0 aromatic heterocycles. The zero-order chi connectivity index (χ0) is 14.2. The minimum atomic E-state index is 0.181. The van der Waals surface area contributed by atoms with Gasteiger partial charge < -0.3 is 10.6 Å². The van der Waals surface area contributed by atoms with Crippen molar-refractivity contribution in [2.24, 2.45) is 11.3 Å². The van der Waals surface area contributed by atoms with Crippen LogP contribution in [0.15, 0.2) is 22.7 Å². The molecule has 1 heterocycles. The van der Waals surface area contributed by atoms with E-state index in [0.29, 0.717) is 18.9 Å². The molecule has 0 aliphatic carbocycles. The molecule has 1 aliphatic rings. The number of halogens is 1. The van der Waals surface area contributed by atoms with Crippen molar-refractivity contribution in [3.8, 4) is 0 Å². The normalized spacial score (nSPS) is 20.1. The molecule has 1 saturated heterocycles. The lowest BCUT2D eigenvalue weighted by molar-refractivity contribution is -0.128. The Morgan fingerprint density at radius 3 is 2.58 bits per heavy atom. The quantitative estimate of drug-likeness (QED) is 0.847. The molecule has 0 radical (unpaired) electrons. The molecule has 19 heavy (non-hydrogen) atoms. The molecule has 0 saturated carbocycles. The van der Waals surface area contributed by atoms with Crippen molar-refractivity contribution >= 4 is 27.5 Å². The highest BCUT2D eigenvalue weighted by molar-refractivity contribution is 9.10. The third kappa shape index (κ3) is 3.50. The van der Waals surface area contributed by atoms with Crippen LogP contribution in [0.3, 0.4) is 0 Å². The summed E-state index contributed by atoms with van der Waals surface area (Å²) in [4.78, 5) is 14.0. The zero-order valence-electron chi connectivity index (χ0n) is 11.7. The number of nitrogen functional groups attached to an aromatic ring is 1. The first kappa shape index (κ1) is 14.4. The number of hydrogen-bond donors (Lipinski definition) is 1. The van der Waals surface area contributed by atoms with E-state index >= 15 is 0 Å². The summed E-state index contributed by atoms with van der Waals surface area (Å²) in [5, 5.41) is 0. The molecule has 2 rings (SSSR count). The van der Waals surface area contributed by atoms with Crippen molar-refractivity contribution in [3.05, 3.63) is 28.2 Å². The van der Waals surface area contributed by atoms with Crippen molar-refractivity contribution in [2.75, 3.05) is 12.3 Å². The van der Waals surface area contributed by atoms with E-state index < -0.39 is 0 Å². The van der Waals surface area contributed by atoms with Gasteiger partial charge in [0.1, 0.15) is 0 Å². The number of nitrogens with zero attached hydrogens (tertiary/aromatic N) is 1. The van der Waals surface area contributed by atoms with E-state index in [2.05, 4.69) is 36.7 Å². The molecule has 1 aromatic carbocycles. The Balaban J connectivity index is 2.10. The Labute approximate surface area is 123 Å². The van der Waals surface area contributed by atoms with E-state index in [1.54, 1.807) is 0 Å². The minimum Gasteiger partial charge on any atom is -0.399 e. The van der Waals surface area contributed by atoms with Gasteiger partial charge in [0, 0.05) is 29.7 Å². The summed E-state index contributed by atoms with van der Waals surface area (Å²) in [5.74, 6) is 0.683. The Morgan fingerprint density at radius 1 is 1.37 bits per heavy atom. The van der Waals surface area contributed by atoms with Gasteiger partial charge in [-0.25, -0.2) is 0 Å². The molecular weight excluding hydrogens is 304 g/mol. The fraction of sp³-hybridized carbons (Fsp3) is 0.533. The van der Waals surface area contributed by atoms with E-state index in [1.165, 1.54) is 0 Å². The highest BCUT2D eigenvalue weighted by Gasteiger charge is 2.36. The highest BCUT2D eigenvalue weighted by atomic mass is 79.9. The van der Waals surface area contributed by atoms with Gasteiger partial charge in [-0.15, -0.1) is 0 Å². The van der Waals surface area contributed by atoms with Crippen LogP contribution < -0.4 is 5.73 Å². The summed E-state index contributed by atoms with van der Waals surface area (Å²) >= 11 is 3.44. The summed E-state index contributed by atoms with van der Waals surface area (Å²) in [7, 11) is 0. The lowest BCUT2D eigenvalue weighted by Gasteiger charge is -2.26. The Bertz CT molecular complexity index is 473. The maximum Gasteiger partial charge on any atom is 0.223 e. The summed E-state index contributed by atoms with van der Waals surface area (Å²) in [5.41, 5.74) is 7.82. The average molecular weight is 325 g/mol. The third-order valence-corrected chi connectivity index (χ3v) is 4.25. The second-order valence-electron chi connectivity index (χ2n) is 6.43. The number of carbonyl (C=O) groups excluding carboxylic acids is 1. The Morgan fingerprint density at radius 2 is 2.05 bits per heavy atom. The van der Waals surface area contributed by atoms with Crippen LogP contribution in [0.5, 0.6) is 0 Å². The predicted octanol–water partition coefficient (Wildman–Crippen LogP) is 3.43. The van der Waals surface area contributed by atoms with E-state index in [-0.39, 0.29) is 11.3 Å². The molecule has 1 fully saturated rings. The van der Waals surface area contributed by atoms with Crippen molar-refractivity contribution in [2.45, 2.75) is 33.7 Å². The molecular formula is C15H21BrN2O. The molecule has 1 aliphatic heterocycles. The standard InChI is InChI=1S/C15H21BrN2O/c1-15(2,3)11-6-14(19)18(9-11)8-10-4-12(16)7-13(17)5-10/h4-5,7,11H,6,8-9,17H2,1-3H3. The largest absolute Gasteiger partial charge is 0.399 e. The first-order valence-electron chi connectivity index (χ1n) is 6.58. The summed E-state index contributed by atoms with van der Waals surface area (Å²) < 4.78 is 0.960. The number of likely N-dealkylation sites (tertiary alicyclic amines) is 1. The number of amides is 1. The van der Waals surface area contributed by atoms with Crippen molar-refractivity contribution in [1.82, 2.24) is 4.90 Å². The molecule has 1 unspecified atom stereocenters. The molecule has 104 valence electrons. The van der Waals surface area contributed by atoms with Gasteiger partial charge in [0.2, 0.25) is 5.91 Å². The zero-order valence-corrected chi connectivity index (χ0v) is 13.3. The van der Waals surface area contributed by atoms with E-state index in [0.717, 1.165) is 22.3 Å². The smallest absolute Gasteiger partial charge is 0.223 e. The topological polar surface area (TPSA) is 46.3 Å². The maximum absolute atomic E-state index is 12.1. The molecule has 3 nitrogen and oxygen atoms in total. The van der Waals surface area contributed by atoms with Gasteiger partial charge in [-0.2, -0.15) is 0 Å². The van der Waals surface area contributed by atoms with E-state index in [4.69, 9.17) is 5.73 Å². The minimum absolute atomic E-state index is 0.181. The number of anilines is 1. The van der Waals surface area contributed by atoms with Gasteiger partial charge in [-0.05, 0) is 35.1 Å². The van der Waals surface area contributed by atoms with E-state index in [1.807, 2.05) is 23.1 Å². The molecule has 1 atom stereocenters. The van der Waals surface area contributed by atoms with E-state index in [9.17, 15) is 4.79 Å². The number of hydrogen-bond acceptors (Lipinski definition) is 2. The first-order valence-corrected chi connectivity index (χ1v) is 7.38. The van der Waals surface area contributed by atoms with Crippen molar-refractivity contribution in [1.29, 1.82) is 0 Å². The predicted molar refractivity (Wildman–Crippen MR) is 81.5 cm³/mol. The van der Waals surface area contributed by atoms with Gasteiger partial charge in [0.15, 0.2) is 0 Å². The van der Waals surface area contributed by atoms with Gasteiger partial charge in [0.25, 0.3) is 0 Å². The maximum atomic E-state index is 12.1. The monoisotopic (exact) mass is 324 g/mol. The lowest BCUT2D eigenvalue weighted by atomic mass is 9.80. The number of benzene rings is 1. The van der Waals surface area contributed by atoms with Crippen LogP contribution >= 0.6 is 15.9 Å². The molecule has 1 amide bonds. The van der Waals surface area contributed by atoms with Crippen LogP contribution in [-0.2, 0) is 11.3 Å². The second-order valence-corrected chi connectivity index (χ2v) is 7.35. The average Bonchev–Trinajstić information content (AvgIpc) is 2.58. The van der Waals surface area contributed by atoms with Crippen molar-refractivity contribution in [3.63, 3.8) is 0 Å². The molecule has 4 heteroatoms. The number of rotatable bonds is 2. The second kappa shape index (κ2) is 5.16. The summed E-state index contributed by atoms with van der Waals surface area (Å²) in [6.45, 7) is 8.09. The highest BCUT2D eigenvalue weighted by Crippen LogP contribution is 2.35. The summed E-state index contributed by atoms with van der Waals surface area (Å²) in [6, 6.07) is 5.82. The summed E-state index contributed by atoms with van der Waals surface area (Å²) in [6.07, 6.45) is 0.660. The van der Waals surface area contributed by atoms with Gasteiger partial charge in [-0.3, -0.25) is 4.79 Å². The molecule has 0 spiro atoms. The van der Waals surface area contributed by atoms with Crippen LogP contribution in [0.25, 0.3) is 0 Å². The third-order valence-electron chi connectivity index (χ3n) is 3.79. The fourth-order valence-electron chi connectivity index (χ4n) is 2.49. The van der Waals surface area contributed by atoms with Crippen LogP contribution in [0.2, 0.25) is 0 Å². The molecule has 0 bridgehead atoms. The van der Waals surface area contributed by atoms with Gasteiger partial charge in [0.05, 0.1) is 0 Å². The lowest BCUT2D eigenvalue weighted by Crippen LogP contribution is -2.27. The SMILES string of the molecule is CC(C)(C)C1CC(=O)N(Cc2cc(N)cc(Br)c2)C1. The van der Waals surface area contributed by atoms with Crippen LogP contribution in [-0.4, -0.2) is 17.4 Å². The van der Waals surface area contributed by atoms with Crippen LogP contribution in [0.1, 0.15) is 32.8 Å². The van der Waals surface area contributed by atoms with Gasteiger partial charge >= 0.3 is 0 Å². The molecule has 2 N–H and O–H groups in total. The first-order chi connectivity index (χ1) is 8.75. The van der Waals surface area contributed by atoms with Crippen LogP contribution in [0.4, 0.5) is 5.69 Å². The van der Waals surface area contributed by atoms with Gasteiger partial charge in [-0.1, -0.05) is 36.7 Å². The van der Waals surface area contributed by atoms with Crippen LogP contribution in [0, 0.1) is 11.3 Å². The number of carbonyl (C=O) groups is 1. The van der Waals surface area contributed by atoms with Crippen molar-refractivity contribution < 1.29 is 4.79 Å². The fourth-order valence-corrected chi connectivity index (χ4v) is 3.05. The number of nitrogens with two attached hydrogens (primary N) is 1. The molecule has 1 aromatic rings. The Kier molecular flexibility index (Phi) is 3.90. The Hall–Kier alpha value is -1.03.